The highest BCUT2D eigenvalue weighted by Crippen LogP contribution is 2.19. The number of carbonyl (C=O) groups excluding carboxylic acids is 3. The van der Waals surface area contributed by atoms with Crippen molar-refractivity contribution in [1.29, 1.82) is 0 Å². The molecular formula is C17H21N3O3. The molecule has 0 radical (unpaired) electrons. The number of carbonyl (C=O) groups is 3. The Morgan fingerprint density at radius 3 is 2.74 bits per heavy atom. The molecule has 2 heterocycles. The van der Waals surface area contributed by atoms with E-state index in [2.05, 4.69) is 11.4 Å². The first-order chi connectivity index (χ1) is 11.1. The Hall–Kier alpha value is -2.37. The van der Waals surface area contributed by atoms with Crippen molar-refractivity contribution >= 4 is 17.8 Å². The quantitative estimate of drug-likeness (QED) is 0.851. The van der Waals surface area contributed by atoms with Gasteiger partial charge in [0, 0.05) is 13.1 Å². The largest absolute Gasteiger partial charge is 0.336 e. The molecule has 0 aromatic heterocycles. The summed E-state index contributed by atoms with van der Waals surface area (Å²) in [6.45, 7) is 2.94. The average molecular weight is 315 g/mol. The fourth-order valence-electron chi connectivity index (χ4n) is 3.15. The molecule has 1 unspecified atom stereocenters. The Labute approximate surface area is 135 Å². The van der Waals surface area contributed by atoms with E-state index >= 15 is 0 Å². The fourth-order valence-corrected chi connectivity index (χ4v) is 3.15. The van der Waals surface area contributed by atoms with E-state index in [1.165, 1.54) is 5.56 Å². The van der Waals surface area contributed by atoms with Crippen molar-refractivity contribution in [3.8, 4) is 0 Å². The van der Waals surface area contributed by atoms with E-state index in [0.717, 1.165) is 23.3 Å². The number of nitrogens with one attached hydrogen (secondary N) is 1. The smallest absolute Gasteiger partial charge is 0.325 e. The van der Waals surface area contributed by atoms with Gasteiger partial charge in [-0.2, -0.15) is 0 Å². The van der Waals surface area contributed by atoms with Gasteiger partial charge in [0.05, 0.1) is 0 Å². The number of fused-ring (bicyclic) bond motifs is 1. The molecule has 0 saturated carbocycles. The summed E-state index contributed by atoms with van der Waals surface area (Å²) in [6, 6.07) is 7.10. The Balaban J connectivity index is 1.64. The summed E-state index contributed by atoms with van der Waals surface area (Å²) in [7, 11) is 0. The van der Waals surface area contributed by atoms with Gasteiger partial charge in [-0.15, -0.1) is 0 Å². The number of nitrogens with zero attached hydrogens (tertiary/aromatic N) is 2. The van der Waals surface area contributed by atoms with E-state index in [-0.39, 0.29) is 18.4 Å². The molecule has 23 heavy (non-hydrogen) atoms. The number of imide groups is 1. The minimum Gasteiger partial charge on any atom is -0.336 e. The van der Waals surface area contributed by atoms with Gasteiger partial charge in [-0.3, -0.25) is 14.5 Å². The van der Waals surface area contributed by atoms with Crippen molar-refractivity contribution in [2.75, 3.05) is 13.1 Å². The molecule has 1 aromatic rings. The Kier molecular flexibility index (Phi) is 4.32. The second kappa shape index (κ2) is 6.40. The molecule has 1 atom stereocenters. The second-order valence-electron chi connectivity index (χ2n) is 6.05. The third-order valence-corrected chi connectivity index (χ3v) is 4.46. The first-order valence-corrected chi connectivity index (χ1v) is 8.06. The summed E-state index contributed by atoms with van der Waals surface area (Å²) in [5.74, 6) is -0.470. The van der Waals surface area contributed by atoms with Crippen LogP contribution in [0.4, 0.5) is 4.79 Å². The van der Waals surface area contributed by atoms with Gasteiger partial charge >= 0.3 is 6.03 Å². The van der Waals surface area contributed by atoms with Crippen LogP contribution < -0.4 is 5.32 Å². The molecule has 0 spiro atoms. The average Bonchev–Trinajstić information content (AvgIpc) is 2.82. The topological polar surface area (TPSA) is 69.7 Å². The van der Waals surface area contributed by atoms with Gasteiger partial charge in [-0.1, -0.05) is 37.6 Å². The third kappa shape index (κ3) is 3.06. The molecule has 6 nitrogen and oxygen atoms in total. The van der Waals surface area contributed by atoms with E-state index in [1.54, 1.807) is 4.90 Å². The van der Waals surface area contributed by atoms with Crippen molar-refractivity contribution in [3.05, 3.63) is 35.4 Å². The highest BCUT2D eigenvalue weighted by molar-refractivity contribution is 6.06. The maximum Gasteiger partial charge on any atom is 0.325 e. The Morgan fingerprint density at radius 1 is 1.26 bits per heavy atom. The molecule has 4 amide bonds. The minimum atomic E-state index is -0.484. The molecule has 1 aromatic carbocycles. The normalized spacial score (nSPS) is 20.5. The lowest BCUT2D eigenvalue weighted by molar-refractivity contribution is -0.138. The van der Waals surface area contributed by atoms with Crippen LogP contribution in [-0.4, -0.2) is 46.8 Å². The number of amides is 4. The van der Waals surface area contributed by atoms with Gasteiger partial charge < -0.3 is 10.2 Å². The molecule has 0 aliphatic carbocycles. The zero-order valence-electron chi connectivity index (χ0n) is 13.2. The lowest BCUT2D eigenvalue weighted by Gasteiger charge is -2.29. The van der Waals surface area contributed by atoms with Crippen molar-refractivity contribution in [3.63, 3.8) is 0 Å². The van der Waals surface area contributed by atoms with Gasteiger partial charge in [0.2, 0.25) is 5.91 Å². The van der Waals surface area contributed by atoms with Crippen LogP contribution in [0, 0.1) is 0 Å². The van der Waals surface area contributed by atoms with E-state index in [0.29, 0.717) is 19.5 Å². The zero-order chi connectivity index (χ0) is 16.4. The van der Waals surface area contributed by atoms with Crippen LogP contribution in [0.25, 0.3) is 0 Å². The van der Waals surface area contributed by atoms with Crippen LogP contribution in [0.5, 0.6) is 0 Å². The van der Waals surface area contributed by atoms with Gasteiger partial charge in [0.25, 0.3) is 5.91 Å². The number of rotatable bonds is 4. The van der Waals surface area contributed by atoms with Gasteiger partial charge in [0.1, 0.15) is 12.6 Å². The van der Waals surface area contributed by atoms with Crippen LogP contribution in [0.1, 0.15) is 30.9 Å². The van der Waals surface area contributed by atoms with Gasteiger partial charge in [-0.25, -0.2) is 4.79 Å². The van der Waals surface area contributed by atoms with Crippen LogP contribution in [0.15, 0.2) is 24.3 Å². The summed E-state index contributed by atoms with van der Waals surface area (Å²) in [5.41, 5.74) is 2.39. The predicted molar refractivity (Wildman–Crippen MR) is 84.5 cm³/mol. The van der Waals surface area contributed by atoms with Crippen molar-refractivity contribution < 1.29 is 14.4 Å². The molecule has 0 bridgehead atoms. The van der Waals surface area contributed by atoms with E-state index < -0.39 is 12.1 Å². The Morgan fingerprint density at radius 2 is 2.00 bits per heavy atom. The summed E-state index contributed by atoms with van der Waals surface area (Å²) in [6.07, 6.45) is 2.22. The number of urea groups is 1. The predicted octanol–water partition coefficient (Wildman–Crippen LogP) is 1.29. The Bertz CT molecular complexity index is 644. The second-order valence-corrected chi connectivity index (χ2v) is 6.05. The van der Waals surface area contributed by atoms with E-state index in [1.807, 2.05) is 25.1 Å². The lowest BCUT2D eigenvalue weighted by atomic mass is 10.00. The van der Waals surface area contributed by atoms with Crippen molar-refractivity contribution in [2.45, 2.75) is 38.8 Å². The highest BCUT2D eigenvalue weighted by atomic mass is 16.2. The van der Waals surface area contributed by atoms with Crippen LogP contribution in [0.3, 0.4) is 0 Å². The third-order valence-electron chi connectivity index (χ3n) is 4.46. The maximum absolute atomic E-state index is 12.5. The summed E-state index contributed by atoms with van der Waals surface area (Å²) >= 11 is 0. The minimum absolute atomic E-state index is 0.174. The van der Waals surface area contributed by atoms with Gasteiger partial charge in [0.15, 0.2) is 0 Å². The number of hydrogen-bond acceptors (Lipinski definition) is 3. The van der Waals surface area contributed by atoms with Gasteiger partial charge in [-0.05, 0) is 24.0 Å². The van der Waals surface area contributed by atoms with E-state index in [4.69, 9.17) is 0 Å². The molecule has 2 aliphatic rings. The lowest BCUT2D eigenvalue weighted by Crippen LogP contribution is -2.45. The molecule has 1 saturated heterocycles. The SMILES string of the molecule is CCCC1NC(=O)N(CC(=O)N2CCc3ccccc3C2)C1=O. The van der Waals surface area contributed by atoms with Crippen LogP contribution in [-0.2, 0) is 22.6 Å². The molecular weight excluding hydrogens is 294 g/mol. The molecule has 3 rings (SSSR count). The van der Waals surface area contributed by atoms with Crippen molar-refractivity contribution in [1.82, 2.24) is 15.1 Å². The first-order valence-electron chi connectivity index (χ1n) is 8.06. The van der Waals surface area contributed by atoms with Crippen LogP contribution in [0.2, 0.25) is 0 Å². The first kappa shape index (κ1) is 15.5. The van der Waals surface area contributed by atoms with Crippen LogP contribution >= 0.6 is 0 Å². The zero-order valence-corrected chi connectivity index (χ0v) is 13.2. The fraction of sp³-hybridized carbons (Fsp3) is 0.471. The summed E-state index contributed by atoms with van der Waals surface area (Å²) in [5, 5.41) is 2.65. The van der Waals surface area contributed by atoms with Crippen molar-refractivity contribution in [2.24, 2.45) is 0 Å². The molecule has 2 aliphatic heterocycles. The molecule has 122 valence electrons. The molecule has 1 N–H and O–H groups in total. The molecule has 1 fully saturated rings. The summed E-state index contributed by atoms with van der Waals surface area (Å²) < 4.78 is 0. The van der Waals surface area contributed by atoms with E-state index in [9.17, 15) is 14.4 Å². The number of benzene rings is 1. The standard InChI is InChI=1S/C17H21N3O3/c1-2-5-14-16(22)20(17(23)18-14)11-15(21)19-9-8-12-6-3-4-7-13(12)10-19/h3-4,6-7,14H,2,5,8-11H2,1H3,(H,18,23). The monoisotopic (exact) mass is 315 g/mol. The maximum atomic E-state index is 12.5. The highest BCUT2D eigenvalue weighted by Gasteiger charge is 2.39. The number of hydrogen-bond donors (Lipinski definition) is 1. The molecule has 6 heteroatoms. The summed E-state index contributed by atoms with van der Waals surface area (Å²) in [4.78, 5) is 39.3.